The molecule has 1 aliphatic rings. The maximum absolute atomic E-state index is 13.9. The third-order valence-electron chi connectivity index (χ3n) is 5.29. The molecule has 0 spiro atoms. The minimum absolute atomic E-state index is 0.0272. The van der Waals surface area contributed by atoms with Crippen molar-refractivity contribution in [2.75, 3.05) is 26.2 Å². The summed E-state index contributed by atoms with van der Waals surface area (Å²) in [5.41, 5.74) is 0.659. The van der Waals surface area contributed by atoms with Crippen LogP contribution in [0.4, 0.5) is 4.39 Å². The fourth-order valence-electron chi connectivity index (χ4n) is 3.47. The van der Waals surface area contributed by atoms with Gasteiger partial charge in [-0.3, -0.25) is 9.59 Å². The van der Waals surface area contributed by atoms with Crippen molar-refractivity contribution < 1.29 is 26.9 Å². The van der Waals surface area contributed by atoms with E-state index < -0.39 is 21.7 Å². The number of hydrogen-bond acceptors (Lipinski definition) is 6. The monoisotopic (exact) mass is 457 g/mol. The van der Waals surface area contributed by atoms with E-state index in [0.717, 1.165) is 0 Å². The summed E-state index contributed by atoms with van der Waals surface area (Å²) in [4.78, 5) is 25.7. The molecule has 166 valence electrons. The summed E-state index contributed by atoms with van der Waals surface area (Å²) in [5.74, 6) is -0.911. The zero-order valence-electron chi connectivity index (χ0n) is 17.2. The minimum atomic E-state index is -3.75. The second kappa shape index (κ2) is 8.64. The highest BCUT2D eigenvalue weighted by molar-refractivity contribution is 7.89. The van der Waals surface area contributed by atoms with Gasteiger partial charge in [-0.2, -0.15) is 4.31 Å². The molecule has 0 aliphatic carbocycles. The number of benzene rings is 2. The summed E-state index contributed by atoms with van der Waals surface area (Å²) < 4.78 is 46.1. The van der Waals surface area contributed by atoms with Gasteiger partial charge in [0.15, 0.2) is 17.2 Å². The maximum atomic E-state index is 13.9. The minimum Gasteiger partial charge on any atom is -0.355 e. The van der Waals surface area contributed by atoms with E-state index in [2.05, 4.69) is 5.16 Å². The van der Waals surface area contributed by atoms with Crippen LogP contribution in [0.25, 0.3) is 11.3 Å². The molecule has 8 nitrogen and oxygen atoms in total. The number of amides is 1. The Hall–Kier alpha value is -3.37. The molecule has 0 bridgehead atoms. The first-order valence-corrected chi connectivity index (χ1v) is 11.3. The van der Waals surface area contributed by atoms with Crippen molar-refractivity contribution in [2.24, 2.45) is 0 Å². The van der Waals surface area contributed by atoms with Gasteiger partial charge in [-0.05, 0) is 31.2 Å². The topological polar surface area (TPSA) is 101 Å². The lowest BCUT2D eigenvalue weighted by Crippen LogP contribution is -2.50. The Morgan fingerprint density at radius 3 is 2.28 bits per heavy atom. The van der Waals surface area contributed by atoms with Gasteiger partial charge < -0.3 is 9.42 Å². The van der Waals surface area contributed by atoms with E-state index >= 15 is 0 Å². The van der Waals surface area contributed by atoms with Crippen molar-refractivity contribution in [2.45, 2.75) is 11.8 Å². The van der Waals surface area contributed by atoms with Gasteiger partial charge in [0.1, 0.15) is 5.82 Å². The number of halogens is 1. The first-order valence-electron chi connectivity index (χ1n) is 9.89. The van der Waals surface area contributed by atoms with Gasteiger partial charge in [-0.1, -0.05) is 29.4 Å². The Labute approximate surface area is 184 Å². The van der Waals surface area contributed by atoms with E-state index in [1.54, 1.807) is 12.1 Å². The average Bonchev–Trinajstić information content (AvgIpc) is 3.29. The quantitative estimate of drug-likeness (QED) is 0.546. The van der Waals surface area contributed by atoms with Crippen LogP contribution in [0.1, 0.15) is 27.8 Å². The summed E-state index contributed by atoms with van der Waals surface area (Å²) in [6.45, 7) is 1.98. The standard InChI is InChI=1S/C22H20FN3O5S/c1-15(27)16-6-8-17(9-7-16)32(29,30)26-12-10-25(11-13-26)22(28)20-14-21(31-24-20)18-4-2-3-5-19(18)23/h2-9,14H,10-13H2,1H3. The Morgan fingerprint density at radius 1 is 1.00 bits per heavy atom. The number of nitrogens with zero attached hydrogens (tertiary/aromatic N) is 3. The second-order valence-corrected chi connectivity index (χ2v) is 9.27. The number of aromatic nitrogens is 1. The molecule has 10 heteroatoms. The molecule has 0 radical (unpaired) electrons. The van der Waals surface area contributed by atoms with Gasteiger partial charge in [0.05, 0.1) is 10.5 Å². The van der Waals surface area contributed by atoms with Gasteiger partial charge >= 0.3 is 0 Å². The molecule has 32 heavy (non-hydrogen) atoms. The number of rotatable bonds is 5. The second-order valence-electron chi connectivity index (χ2n) is 7.33. The molecule has 0 saturated carbocycles. The lowest BCUT2D eigenvalue weighted by Gasteiger charge is -2.33. The number of piperazine rings is 1. The molecule has 0 unspecified atom stereocenters. The summed E-state index contributed by atoms with van der Waals surface area (Å²) in [7, 11) is -3.75. The van der Waals surface area contributed by atoms with Crippen LogP contribution in [0.3, 0.4) is 0 Å². The zero-order chi connectivity index (χ0) is 22.9. The Balaban J connectivity index is 1.43. The normalized spacial score (nSPS) is 15.0. The molecular formula is C22H20FN3O5S. The predicted molar refractivity (Wildman–Crippen MR) is 113 cm³/mol. The molecule has 1 saturated heterocycles. The van der Waals surface area contributed by atoms with Crippen LogP contribution in [0.15, 0.2) is 64.0 Å². The third-order valence-corrected chi connectivity index (χ3v) is 7.21. The van der Waals surface area contributed by atoms with Crippen molar-refractivity contribution >= 4 is 21.7 Å². The van der Waals surface area contributed by atoms with Crippen LogP contribution >= 0.6 is 0 Å². The highest BCUT2D eigenvalue weighted by atomic mass is 32.2. The summed E-state index contributed by atoms with van der Waals surface area (Å²) >= 11 is 0. The van der Waals surface area contributed by atoms with E-state index in [0.29, 0.717) is 5.56 Å². The smallest absolute Gasteiger partial charge is 0.276 e. The molecule has 2 heterocycles. The van der Waals surface area contributed by atoms with Gasteiger partial charge in [0.2, 0.25) is 10.0 Å². The molecular weight excluding hydrogens is 437 g/mol. The molecule has 3 aromatic rings. The van der Waals surface area contributed by atoms with E-state index in [4.69, 9.17) is 4.52 Å². The van der Waals surface area contributed by atoms with E-state index in [1.165, 1.54) is 58.6 Å². The van der Waals surface area contributed by atoms with Crippen LogP contribution in [0, 0.1) is 5.82 Å². The molecule has 0 atom stereocenters. The van der Waals surface area contributed by atoms with Gasteiger partial charge in [-0.25, -0.2) is 12.8 Å². The summed E-state index contributed by atoms with van der Waals surface area (Å²) in [5, 5.41) is 3.75. The molecule has 4 rings (SSSR count). The van der Waals surface area contributed by atoms with Crippen LogP contribution in [0.5, 0.6) is 0 Å². The van der Waals surface area contributed by atoms with Crippen molar-refractivity contribution in [3.05, 3.63) is 71.7 Å². The average molecular weight is 457 g/mol. The molecule has 1 amide bonds. The lowest BCUT2D eigenvalue weighted by atomic mass is 10.1. The first-order chi connectivity index (χ1) is 15.3. The highest BCUT2D eigenvalue weighted by Crippen LogP contribution is 2.24. The SMILES string of the molecule is CC(=O)c1ccc(S(=O)(=O)N2CCN(C(=O)c3cc(-c4ccccc4F)on3)CC2)cc1. The zero-order valence-corrected chi connectivity index (χ0v) is 18.0. The highest BCUT2D eigenvalue weighted by Gasteiger charge is 2.31. The van der Waals surface area contributed by atoms with Crippen LogP contribution < -0.4 is 0 Å². The van der Waals surface area contributed by atoms with Crippen molar-refractivity contribution in [3.8, 4) is 11.3 Å². The maximum Gasteiger partial charge on any atom is 0.276 e. The fourth-order valence-corrected chi connectivity index (χ4v) is 4.89. The largest absolute Gasteiger partial charge is 0.355 e. The summed E-state index contributed by atoms with van der Waals surface area (Å²) in [6, 6.07) is 13.2. The summed E-state index contributed by atoms with van der Waals surface area (Å²) in [6.07, 6.45) is 0. The van der Waals surface area contributed by atoms with E-state index in [-0.39, 0.29) is 53.9 Å². The number of sulfonamides is 1. The fraction of sp³-hybridized carbons (Fsp3) is 0.227. The Morgan fingerprint density at radius 2 is 1.66 bits per heavy atom. The molecule has 0 N–H and O–H groups in total. The number of carbonyl (C=O) groups is 2. The van der Waals surface area contributed by atoms with E-state index in [1.807, 2.05) is 0 Å². The van der Waals surface area contributed by atoms with Crippen LogP contribution in [-0.4, -0.2) is 60.6 Å². The van der Waals surface area contributed by atoms with Gasteiger partial charge in [-0.15, -0.1) is 0 Å². The molecule has 1 aromatic heterocycles. The number of carbonyl (C=O) groups excluding carboxylic acids is 2. The van der Waals surface area contributed by atoms with Crippen molar-refractivity contribution in [1.29, 1.82) is 0 Å². The Bertz CT molecular complexity index is 1260. The predicted octanol–water partition coefficient (Wildman–Crippen LogP) is 2.83. The lowest BCUT2D eigenvalue weighted by molar-refractivity contribution is 0.0687. The number of hydrogen-bond donors (Lipinski definition) is 0. The van der Waals surface area contributed by atoms with Crippen LogP contribution in [-0.2, 0) is 10.0 Å². The molecule has 1 fully saturated rings. The third kappa shape index (κ3) is 4.19. The van der Waals surface area contributed by atoms with E-state index in [9.17, 15) is 22.4 Å². The molecule has 2 aromatic carbocycles. The first kappa shape index (κ1) is 21.8. The number of Topliss-reactive ketones (excluding diaryl/α,β-unsaturated/α-hetero) is 1. The van der Waals surface area contributed by atoms with Crippen LogP contribution in [0.2, 0.25) is 0 Å². The van der Waals surface area contributed by atoms with Crippen molar-refractivity contribution in [3.63, 3.8) is 0 Å². The van der Waals surface area contributed by atoms with Gasteiger partial charge in [0, 0.05) is 37.8 Å². The number of ketones is 1. The molecule has 1 aliphatic heterocycles. The van der Waals surface area contributed by atoms with Crippen molar-refractivity contribution in [1.82, 2.24) is 14.4 Å². The Kier molecular flexibility index (Phi) is 5.90. The van der Waals surface area contributed by atoms with Gasteiger partial charge in [0.25, 0.3) is 5.91 Å².